The number of hydrogen-bond donors (Lipinski definition) is 2. The summed E-state index contributed by atoms with van der Waals surface area (Å²) in [6, 6.07) is 31.7. The van der Waals surface area contributed by atoms with Crippen LogP contribution in [-0.2, 0) is 6.54 Å². The molecule has 182 valence electrons. The second kappa shape index (κ2) is 11.5. The minimum Gasteiger partial charge on any atom is -0.457 e. The number of nitrogens with one attached hydrogen (secondary N) is 2. The van der Waals surface area contributed by atoms with Gasteiger partial charge < -0.3 is 15.4 Å². The maximum atomic E-state index is 12.7. The summed E-state index contributed by atoms with van der Waals surface area (Å²) < 4.78 is 5.83. The number of hydrogen-bond acceptors (Lipinski definition) is 5. The predicted octanol–water partition coefficient (Wildman–Crippen LogP) is 6.01. The first kappa shape index (κ1) is 23.6. The highest BCUT2D eigenvalue weighted by Crippen LogP contribution is 2.24. The third kappa shape index (κ3) is 6.49. The highest BCUT2D eigenvalue weighted by atomic mass is 16.5. The van der Waals surface area contributed by atoms with E-state index in [0.717, 1.165) is 55.3 Å². The fourth-order valence-corrected chi connectivity index (χ4v) is 4.34. The van der Waals surface area contributed by atoms with Gasteiger partial charge in [0.05, 0.1) is 11.9 Å². The van der Waals surface area contributed by atoms with Crippen LogP contribution in [0.15, 0.2) is 103 Å². The van der Waals surface area contributed by atoms with Crippen molar-refractivity contribution in [2.75, 3.05) is 18.4 Å². The number of carbonyl (C=O) groups is 1. The van der Waals surface area contributed by atoms with Crippen LogP contribution in [0.4, 0.5) is 11.4 Å². The van der Waals surface area contributed by atoms with Crippen molar-refractivity contribution in [2.45, 2.75) is 25.4 Å². The van der Waals surface area contributed by atoms with Gasteiger partial charge in [-0.3, -0.25) is 9.69 Å². The number of nitrogens with zero attached hydrogens (tertiary/aromatic N) is 2. The zero-order chi connectivity index (χ0) is 24.6. The molecule has 0 aliphatic carbocycles. The normalized spacial score (nSPS) is 14.2. The molecular weight excluding hydrogens is 448 g/mol. The minimum absolute atomic E-state index is 0.120. The van der Waals surface area contributed by atoms with Gasteiger partial charge in [0.15, 0.2) is 0 Å². The first-order chi connectivity index (χ1) is 17.7. The lowest BCUT2D eigenvalue weighted by atomic mass is 10.0. The smallest absolute Gasteiger partial charge is 0.270 e. The fraction of sp³-hybridized carbons (Fsp3) is 0.200. The number of para-hydroxylation sites is 1. The van der Waals surface area contributed by atoms with E-state index in [1.165, 1.54) is 5.56 Å². The monoisotopic (exact) mass is 478 g/mol. The van der Waals surface area contributed by atoms with E-state index in [-0.39, 0.29) is 11.9 Å². The summed E-state index contributed by atoms with van der Waals surface area (Å²) in [5, 5.41) is 6.46. The molecule has 1 aliphatic heterocycles. The molecule has 6 heteroatoms. The number of benzene rings is 3. The van der Waals surface area contributed by atoms with Crippen molar-refractivity contribution in [3.63, 3.8) is 0 Å². The van der Waals surface area contributed by atoms with Gasteiger partial charge in [0.2, 0.25) is 0 Å². The van der Waals surface area contributed by atoms with Gasteiger partial charge >= 0.3 is 0 Å². The molecule has 6 nitrogen and oxygen atoms in total. The summed E-state index contributed by atoms with van der Waals surface area (Å²) in [5.41, 5.74) is 3.49. The molecule has 0 radical (unpaired) electrons. The van der Waals surface area contributed by atoms with Crippen molar-refractivity contribution in [2.24, 2.45) is 0 Å². The van der Waals surface area contributed by atoms with Crippen LogP contribution < -0.4 is 15.4 Å². The summed E-state index contributed by atoms with van der Waals surface area (Å²) >= 11 is 0. The second-order valence-corrected chi connectivity index (χ2v) is 9.01. The Labute approximate surface area is 212 Å². The average molecular weight is 479 g/mol. The molecule has 1 fully saturated rings. The minimum atomic E-state index is -0.120. The van der Waals surface area contributed by atoms with Crippen molar-refractivity contribution < 1.29 is 9.53 Å². The molecule has 1 aromatic heterocycles. The van der Waals surface area contributed by atoms with Crippen molar-refractivity contribution in [3.05, 3.63) is 115 Å². The first-order valence-electron chi connectivity index (χ1n) is 12.3. The third-order valence-corrected chi connectivity index (χ3v) is 6.29. The number of amides is 1. The Morgan fingerprint density at radius 3 is 2.11 bits per heavy atom. The van der Waals surface area contributed by atoms with Gasteiger partial charge in [-0.2, -0.15) is 0 Å². The van der Waals surface area contributed by atoms with Gasteiger partial charge in [-0.25, -0.2) is 4.98 Å². The zero-order valence-corrected chi connectivity index (χ0v) is 20.1. The van der Waals surface area contributed by atoms with Gasteiger partial charge in [0.25, 0.3) is 5.91 Å². The Kier molecular flexibility index (Phi) is 7.54. The van der Waals surface area contributed by atoms with Crippen LogP contribution in [0.5, 0.6) is 11.5 Å². The van der Waals surface area contributed by atoms with Gasteiger partial charge in [0, 0.05) is 31.4 Å². The number of likely N-dealkylation sites (tertiary alicyclic amines) is 1. The zero-order valence-electron chi connectivity index (χ0n) is 20.1. The highest BCUT2D eigenvalue weighted by molar-refractivity contribution is 5.92. The van der Waals surface area contributed by atoms with Gasteiger partial charge in [0.1, 0.15) is 17.2 Å². The number of piperidine rings is 1. The molecule has 1 aliphatic rings. The SMILES string of the molecule is O=C(NC1CCN(Cc2ccccc2)CC1)c1ccc(Nc2ccc(Oc3ccccc3)cc2)cn1. The number of pyridine rings is 1. The van der Waals surface area contributed by atoms with E-state index in [0.29, 0.717) is 5.69 Å². The van der Waals surface area contributed by atoms with Crippen LogP contribution in [0.2, 0.25) is 0 Å². The molecule has 4 aromatic rings. The second-order valence-electron chi connectivity index (χ2n) is 9.01. The van der Waals surface area contributed by atoms with Crippen LogP contribution in [0.3, 0.4) is 0 Å². The van der Waals surface area contributed by atoms with Crippen molar-refractivity contribution in [3.8, 4) is 11.5 Å². The quantitative estimate of drug-likeness (QED) is 0.325. The molecule has 2 N–H and O–H groups in total. The maximum Gasteiger partial charge on any atom is 0.270 e. The molecule has 5 rings (SSSR count). The van der Waals surface area contributed by atoms with Gasteiger partial charge in [-0.1, -0.05) is 48.5 Å². The summed E-state index contributed by atoms with van der Waals surface area (Å²) in [6.07, 6.45) is 3.58. The number of rotatable bonds is 8. The van der Waals surface area contributed by atoms with E-state index in [9.17, 15) is 4.79 Å². The summed E-state index contributed by atoms with van der Waals surface area (Å²) in [5.74, 6) is 1.45. The molecular formula is C30H30N4O2. The molecule has 0 saturated carbocycles. The summed E-state index contributed by atoms with van der Waals surface area (Å²) in [4.78, 5) is 19.5. The Morgan fingerprint density at radius 2 is 1.44 bits per heavy atom. The van der Waals surface area contributed by atoms with Gasteiger partial charge in [-0.15, -0.1) is 0 Å². The molecule has 3 aromatic carbocycles. The first-order valence-corrected chi connectivity index (χ1v) is 12.3. The van der Waals surface area contributed by atoms with E-state index in [1.807, 2.05) is 66.7 Å². The Bertz CT molecular complexity index is 1240. The summed E-state index contributed by atoms with van der Waals surface area (Å²) in [7, 11) is 0. The van der Waals surface area contributed by atoms with Crippen molar-refractivity contribution in [1.82, 2.24) is 15.2 Å². The van der Waals surface area contributed by atoms with Crippen LogP contribution in [0, 0.1) is 0 Å². The van der Waals surface area contributed by atoms with E-state index in [1.54, 1.807) is 12.3 Å². The maximum absolute atomic E-state index is 12.7. The molecule has 0 bridgehead atoms. The van der Waals surface area contributed by atoms with Crippen LogP contribution in [-0.4, -0.2) is 34.9 Å². The molecule has 0 unspecified atom stereocenters. The molecule has 0 atom stereocenters. The Hall–Kier alpha value is -4.16. The largest absolute Gasteiger partial charge is 0.457 e. The van der Waals surface area contributed by atoms with E-state index in [4.69, 9.17) is 4.74 Å². The number of ether oxygens (including phenoxy) is 1. The molecule has 1 amide bonds. The average Bonchev–Trinajstić information content (AvgIpc) is 2.92. The van der Waals surface area contributed by atoms with Crippen molar-refractivity contribution >= 4 is 17.3 Å². The lowest BCUT2D eigenvalue weighted by Gasteiger charge is -2.32. The highest BCUT2D eigenvalue weighted by Gasteiger charge is 2.21. The third-order valence-electron chi connectivity index (χ3n) is 6.29. The Balaban J connectivity index is 1.08. The molecule has 0 spiro atoms. The van der Waals surface area contributed by atoms with Gasteiger partial charge in [-0.05, 0) is 66.9 Å². The molecule has 36 heavy (non-hydrogen) atoms. The standard InChI is InChI=1S/C30H30N4O2/c35-30(33-25-17-19-34(20-18-25)22-23-7-3-1-4-8-23)29-16-13-26(21-31-29)32-24-11-14-28(15-12-24)36-27-9-5-2-6-10-27/h1-16,21,25,32H,17-20,22H2,(H,33,35). The number of aromatic nitrogens is 1. The van der Waals surface area contributed by atoms with Crippen LogP contribution in [0.1, 0.15) is 28.9 Å². The topological polar surface area (TPSA) is 66.5 Å². The lowest BCUT2D eigenvalue weighted by Crippen LogP contribution is -2.44. The molecule has 2 heterocycles. The Morgan fingerprint density at radius 1 is 0.806 bits per heavy atom. The number of anilines is 2. The van der Waals surface area contributed by atoms with E-state index < -0.39 is 0 Å². The fourth-order valence-electron chi connectivity index (χ4n) is 4.34. The lowest BCUT2D eigenvalue weighted by molar-refractivity contribution is 0.0904. The molecule has 1 saturated heterocycles. The van der Waals surface area contributed by atoms with Crippen molar-refractivity contribution in [1.29, 1.82) is 0 Å². The van der Waals surface area contributed by atoms with Crippen LogP contribution in [0.25, 0.3) is 0 Å². The van der Waals surface area contributed by atoms with E-state index >= 15 is 0 Å². The summed E-state index contributed by atoms with van der Waals surface area (Å²) in [6.45, 7) is 2.91. The van der Waals surface area contributed by atoms with Crippen LogP contribution >= 0.6 is 0 Å². The van der Waals surface area contributed by atoms with E-state index in [2.05, 4.69) is 44.8 Å². The predicted molar refractivity (Wildman–Crippen MR) is 143 cm³/mol. The number of carbonyl (C=O) groups excluding carboxylic acids is 1.